The maximum atomic E-state index is 12.2. The van der Waals surface area contributed by atoms with Crippen LogP contribution in [-0.4, -0.2) is 25.3 Å². The van der Waals surface area contributed by atoms with E-state index in [4.69, 9.17) is 9.52 Å². The van der Waals surface area contributed by atoms with Crippen LogP contribution in [0.2, 0.25) is 0 Å². The van der Waals surface area contributed by atoms with Crippen molar-refractivity contribution >= 4 is 22.6 Å². The fourth-order valence-electron chi connectivity index (χ4n) is 2.07. The van der Waals surface area contributed by atoms with Crippen LogP contribution < -0.4 is 5.56 Å². The molecule has 98 valence electrons. The lowest BCUT2D eigenvalue weighted by Crippen LogP contribution is -2.24. The predicted molar refractivity (Wildman–Crippen MR) is 66.1 cm³/mol. The van der Waals surface area contributed by atoms with Gasteiger partial charge < -0.3 is 9.52 Å². The van der Waals surface area contributed by atoms with Crippen molar-refractivity contribution in [2.45, 2.75) is 19.4 Å². The second kappa shape index (κ2) is 4.27. The molecule has 7 heteroatoms. The van der Waals surface area contributed by atoms with E-state index < -0.39 is 5.97 Å². The Morgan fingerprint density at radius 1 is 1.42 bits per heavy atom. The largest absolute Gasteiger partial charge is 0.481 e. The Morgan fingerprint density at radius 2 is 2.26 bits per heavy atom. The number of furan rings is 1. The van der Waals surface area contributed by atoms with Crippen LogP contribution in [0.15, 0.2) is 33.9 Å². The number of rotatable bonds is 4. The Balaban J connectivity index is 2.00. The molecule has 0 amide bonds. The zero-order valence-electron chi connectivity index (χ0n) is 9.94. The van der Waals surface area contributed by atoms with E-state index in [2.05, 4.69) is 5.10 Å². The summed E-state index contributed by atoms with van der Waals surface area (Å²) in [5, 5.41) is 12.6. The van der Waals surface area contributed by atoms with Crippen molar-refractivity contribution < 1.29 is 14.3 Å². The number of carboxylic acid groups (broad SMARTS) is 1. The van der Waals surface area contributed by atoms with Crippen LogP contribution in [0.3, 0.4) is 0 Å². The molecule has 0 saturated heterocycles. The van der Waals surface area contributed by atoms with Gasteiger partial charge in [-0.25, -0.2) is 4.68 Å². The van der Waals surface area contributed by atoms with E-state index in [9.17, 15) is 9.59 Å². The van der Waals surface area contributed by atoms with E-state index in [0.717, 1.165) is 5.52 Å². The molecule has 0 saturated carbocycles. The standard InChI is InChI=1S/C12H11N3O4/c16-11(17)2-1-4-15-12(18)9-6-10-8(3-5-19-10)14(9)7-13-15/h3,5-7H,1-2,4H2,(H,16,17). The van der Waals surface area contributed by atoms with Crippen molar-refractivity contribution in [2.75, 3.05) is 0 Å². The highest BCUT2D eigenvalue weighted by Gasteiger charge is 2.10. The van der Waals surface area contributed by atoms with Crippen LogP contribution in [0.4, 0.5) is 0 Å². The number of fused-ring (bicyclic) bond motifs is 3. The molecule has 0 aliphatic carbocycles. The Kier molecular flexibility index (Phi) is 2.59. The quantitative estimate of drug-likeness (QED) is 0.759. The van der Waals surface area contributed by atoms with E-state index >= 15 is 0 Å². The maximum Gasteiger partial charge on any atom is 0.303 e. The van der Waals surface area contributed by atoms with Crippen molar-refractivity contribution in [1.82, 2.24) is 14.2 Å². The summed E-state index contributed by atoms with van der Waals surface area (Å²) >= 11 is 0. The van der Waals surface area contributed by atoms with Gasteiger partial charge in [0, 0.05) is 25.1 Å². The molecule has 0 fully saturated rings. The minimum atomic E-state index is -0.880. The van der Waals surface area contributed by atoms with Crippen molar-refractivity contribution in [2.24, 2.45) is 0 Å². The Labute approximate surface area is 106 Å². The van der Waals surface area contributed by atoms with Gasteiger partial charge in [-0.3, -0.25) is 14.0 Å². The highest BCUT2D eigenvalue weighted by Crippen LogP contribution is 2.18. The molecular formula is C12H11N3O4. The van der Waals surface area contributed by atoms with Gasteiger partial charge in [0.1, 0.15) is 11.8 Å². The van der Waals surface area contributed by atoms with Crippen molar-refractivity contribution in [1.29, 1.82) is 0 Å². The second-order valence-corrected chi connectivity index (χ2v) is 4.23. The normalized spacial score (nSPS) is 11.4. The molecule has 3 rings (SSSR count). The topological polar surface area (TPSA) is 89.7 Å². The molecule has 0 spiro atoms. The summed E-state index contributed by atoms with van der Waals surface area (Å²) in [6.45, 7) is 0.286. The van der Waals surface area contributed by atoms with Crippen LogP contribution in [0, 0.1) is 0 Å². The number of carbonyl (C=O) groups is 1. The van der Waals surface area contributed by atoms with Crippen LogP contribution in [0.1, 0.15) is 12.8 Å². The van der Waals surface area contributed by atoms with Gasteiger partial charge in [0.05, 0.1) is 11.8 Å². The molecule has 0 unspecified atom stereocenters. The molecule has 3 aromatic heterocycles. The Morgan fingerprint density at radius 3 is 3.05 bits per heavy atom. The van der Waals surface area contributed by atoms with Crippen molar-refractivity contribution in [3.63, 3.8) is 0 Å². The predicted octanol–water partition coefficient (Wildman–Crippen LogP) is 1.11. The van der Waals surface area contributed by atoms with E-state index in [1.165, 1.54) is 11.0 Å². The molecule has 0 bridgehead atoms. The van der Waals surface area contributed by atoms with E-state index in [-0.39, 0.29) is 18.5 Å². The maximum absolute atomic E-state index is 12.2. The van der Waals surface area contributed by atoms with Gasteiger partial charge in [0.2, 0.25) is 0 Å². The second-order valence-electron chi connectivity index (χ2n) is 4.23. The third-order valence-electron chi connectivity index (χ3n) is 2.98. The first-order chi connectivity index (χ1) is 9.16. The van der Waals surface area contributed by atoms with Crippen LogP contribution in [0.5, 0.6) is 0 Å². The summed E-state index contributed by atoms with van der Waals surface area (Å²) in [4.78, 5) is 22.6. The smallest absolute Gasteiger partial charge is 0.303 e. The first-order valence-corrected chi connectivity index (χ1v) is 5.83. The van der Waals surface area contributed by atoms with E-state index in [1.807, 2.05) is 0 Å². The summed E-state index contributed by atoms with van der Waals surface area (Å²) < 4.78 is 8.17. The molecular weight excluding hydrogens is 250 g/mol. The third-order valence-corrected chi connectivity index (χ3v) is 2.98. The summed E-state index contributed by atoms with van der Waals surface area (Å²) in [6.07, 6.45) is 3.47. The molecule has 0 aliphatic rings. The van der Waals surface area contributed by atoms with E-state index in [1.54, 1.807) is 22.8 Å². The first kappa shape index (κ1) is 11.5. The highest BCUT2D eigenvalue weighted by atomic mass is 16.4. The summed E-state index contributed by atoms with van der Waals surface area (Å²) in [5.74, 6) is -0.880. The molecule has 0 aliphatic heterocycles. The molecule has 3 aromatic rings. The monoisotopic (exact) mass is 261 g/mol. The SMILES string of the molecule is O=C(O)CCCn1ncn2c(cc3occc32)c1=O. The average Bonchev–Trinajstić information content (AvgIpc) is 2.92. The third kappa shape index (κ3) is 1.88. The lowest BCUT2D eigenvalue weighted by atomic mass is 10.3. The summed E-state index contributed by atoms with van der Waals surface area (Å²) in [7, 11) is 0. The Hall–Kier alpha value is -2.57. The van der Waals surface area contributed by atoms with Gasteiger partial charge in [-0.15, -0.1) is 0 Å². The van der Waals surface area contributed by atoms with Gasteiger partial charge in [-0.1, -0.05) is 0 Å². The lowest BCUT2D eigenvalue weighted by Gasteiger charge is -2.03. The van der Waals surface area contributed by atoms with Crippen molar-refractivity contribution in [3.05, 3.63) is 35.1 Å². The molecule has 7 nitrogen and oxygen atoms in total. The fraction of sp³-hybridized carbons (Fsp3) is 0.250. The minimum Gasteiger partial charge on any atom is -0.481 e. The van der Waals surface area contributed by atoms with E-state index in [0.29, 0.717) is 17.5 Å². The van der Waals surface area contributed by atoms with Gasteiger partial charge in [0.25, 0.3) is 5.56 Å². The summed E-state index contributed by atoms with van der Waals surface area (Å²) in [5.41, 5.74) is 1.64. The number of carboxylic acids is 1. The van der Waals surface area contributed by atoms with Crippen molar-refractivity contribution in [3.8, 4) is 0 Å². The van der Waals surface area contributed by atoms with Gasteiger partial charge >= 0.3 is 5.97 Å². The number of aromatic nitrogens is 3. The molecule has 3 heterocycles. The number of hydrogen-bond donors (Lipinski definition) is 1. The Bertz CT molecular complexity index is 811. The summed E-state index contributed by atoms with van der Waals surface area (Å²) in [6, 6.07) is 3.42. The zero-order valence-corrected chi connectivity index (χ0v) is 9.94. The molecule has 0 radical (unpaired) electrons. The highest BCUT2D eigenvalue weighted by molar-refractivity contribution is 5.81. The zero-order chi connectivity index (χ0) is 13.4. The molecule has 1 N–H and O–H groups in total. The van der Waals surface area contributed by atoms with Crippen LogP contribution in [-0.2, 0) is 11.3 Å². The van der Waals surface area contributed by atoms with Crippen LogP contribution in [0.25, 0.3) is 16.6 Å². The molecule has 19 heavy (non-hydrogen) atoms. The minimum absolute atomic E-state index is 0.0165. The van der Waals surface area contributed by atoms with Crippen LogP contribution >= 0.6 is 0 Å². The first-order valence-electron chi connectivity index (χ1n) is 5.83. The van der Waals surface area contributed by atoms with Gasteiger partial charge in [-0.2, -0.15) is 5.10 Å². The number of hydrogen-bond acceptors (Lipinski definition) is 4. The van der Waals surface area contributed by atoms with Gasteiger partial charge in [-0.05, 0) is 6.42 Å². The lowest BCUT2D eigenvalue weighted by molar-refractivity contribution is -0.137. The number of nitrogens with zero attached hydrogens (tertiary/aromatic N) is 3. The number of aliphatic carboxylic acids is 1. The molecule has 0 aromatic carbocycles. The fourth-order valence-corrected chi connectivity index (χ4v) is 2.07. The molecule has 0 atom stereocenters. The average molecular weight is 261 g/mol. The van der Waals surface area contributed by atoms with Gasteiger partial charge in [0.15, 0.2) is 5.58 Å². The number of aryl methyl sites for hydroxylation is 1.